The van der Waals surface area contributed by atoms with Crippen molar-refractivity contribution < 1.29 is 24.3 Å². The third-order valence-corrected chi connectivity index (χ3v) is 5.54. The Bertz CT molecular complexity index is 355. The van der Waals surface area contributed by atoms with E-state index in [0.29, 0.717) is 19.4 Å². The number of rotatable bonds is 2. The zero-order chi connectivity index (χ0) is 12.6. The van der Waals surface area contributed by atoms with Gasteiger partial charge < -0.3 is 20.2 Å². The molecule has 0 spiro atoms. The van der Waals surface area contributed by atoms with Crippen molar-refractivity contribution in [2.45, 2.75) is 37.4 Å². The molecule has 0 bridgehead atoms. The van der Waals surface area contributed by atoms with Gasteiger partial charge in [0.05, 0.1) is 5.66 Å². The lowest BCUT2D eigenvalue weighted by Crippen LogP contribution is -2.52. The van der Waals surface area contributed by atoms with Crippen molar-refractivity contribution in [3.8, 4) is 0 Å². The van der Waals surface area contributed by atoms with Gasteiger partial charge in [-0.25, -0.2) is 0 Å². The summed E-state index contributed by atoms with van der Waals surface area (Å²) in [4.78, 5) is 29.6. The molecule has 1 saturated carbocycles. The molecule has 1 saturated heterocycles. The van der Waals surface area contributed by atoms with Crippen molar-refractivity contribution in [3.05, 3.63) is 0 Å². The average Bonchev–Trinajstić information content (AvgIpc) is 2.26. The van der Waals surface area contributed by atoms with Gasteiger partial charge in [0.2, 0.25) is 0 Å². The van der Waals surface area contributed by atoms with Gasteiger partial charge in [-0.1, -0.05) is 6.42 Å². The van der Waals surface area contributed by atoms with Gasteiger partial charge >= 0.3 is 13.6 Å². The van der Waals surface area contributed by atoms with Gasteiger partial charge in [0.25, 0.3) is 0 Å². The highest BCUT2D eigenvalue weighted by molar-refractivity contribution is 7.52. The fraction of sp³-hybridized carbons (Fsp3) is 0.900. The minimum Gasteiger partial charge on any atom is -0.480 e. The van der Waals surface area contributed by atoms with Gasteiger partial charge in [0.15, 0.2) is 0 Å². The van der Waals surface area contributed by atoms with Gasteiger partial charge in [0, 0.05) is 0 Å². The number of hydrogen-bond acceptors (Lipinski definition) is 3. The predicted octanol–water partition coefficient (Wildman–Crippen LogP) is 0.395. The molecule has 0 aromatic carbocycles. The van der Waals surface area contributed by atoms with Crippen LogP contribution in [0.3, 0.4) is 0 Å². The van der Waals surface area contributed by atoms with Crippen LogP contribution in [0.2, 0.25) is 0 Å². The Kier molecular flexibility index (Phi) is 3.59. The standard InChI is InChI=1S/C10H18NO5P/c12-10(13)8-4-7-6(5-11-8)2-1-3-9(7)17(14,15)16/h6-9,11H,1-5H2,(H,12,13)(H2,14,15,16). The molecule has 17 heavy (non-hydrogen) atoms. The van der Waals surface area contributed by atoms with Crippen molar-refractivity contribution in [2.24, 2.45) is 11.8 Å². The quantitative estimate of drug-likeness (QED) is 0.537. The number of nitrogens with one attached hydrogen (secondary N) is 1. The summed E-state index contributed by atoms with van der Waals surface area (Å²) in [5, 5.41) is 11.9. The van der Waals surface area contributed by atoms with E-state index in [1.807, 2.05) is 0 Å². The van der Waals surface area contributed by atoms with E-state index in [-0.39, 0.29) is 11.8 Å². The largest absolute Gasteiger partial charge is 0.480 e. The number of piperidine rings is 1. The molecule has 0 amide bonds. The molecule has 98 valence electrons. The fourth-order valence-corrected chi connectivity index (χ4v) is 4.57. The summed E-state index contributed by atoms with van der Waals surface area (Å²) >= 11 is 0. The maximum atomic E-state index is 11.4. The van der Waals surface area contributed by atoms with Crippen LogP contribution < -0.4 is 5.32 Å². The predicted molar refractivity (Wildman–Crippen MR) is 60.7 cm³/mol. The first-order chi connectivity index (χ1) is 7.89. The van der Waals surface area contributed by atoms with E-state index in [2.05, 4.69) is 5.32 Å². The van der Waals surface area contributed by atoms with Crippen LogP contribution in [0.1, 0.15) is 25.7 Å². The number of fused-ring (bicyclic) bond motifs is 1. The molecule has 1 aliphatic carbocycles. The first kappa shape index (κ1) is 13.0. The zero-order valence-electron chi connectivity index (χ0n) is 9.45. The third kappa shape index (κ3) is 2.71. The first-order valence-electron chi connectivity index (χ1n) is 5.91. The number of carbonyl (C=O) groups is 1. The van der Waals surface area contributed by atoms with Crippen LogP contribution in [0.4, 0.5) is 0 Å². The van der Waals surface area contributed by atoms with Crippen LogP contribution in [0.25, 0.3) is 0 Å². The lowest BCUT2D eigenvalue weighted by Gasteiger charge is -2.43. The van der Waals surface area contributed by atoms with Crippen LogP contribution in [0, 0.1) is 11.8 Å². The molecule has 4 N–H and O–H groups in total. The van der Waals surface area contributed by atoms with Gasteiger partial charge in [0.1, 0.15) is 6.04 Å². The lowest BCUT2D eigenvalue weighted by molar-refractivity contribution is -0.141. The minimum atomic E-state index is -4.11. The van der Waals surface area contributed by atoms with E-state index in [4.69, 9.17) is 5.11 Å². The van der Waals surface area contributed by atoms with Crippen LogP contribution >= 0.6 is 7.60 Å². The first-order valence-corrected chi connectivity index (χ1v) is 7.59. The molecule has 0 aromatic heterocycles. The van der Waals surface area contributed by atoms with Gasteiger partial charge in [-0.2, -0.15) is 0 Å². The summed E-state index contributed by atoms with van der Waals surface area (Å²) in [5.41, 5.74) is -0.648. The van der Waals surface area contributed by atoms with E-state index in [0.717, 1.165) is 12.8 Å². The molecule has 2 fully saturated rings. The molecular formula is C10H18NO5P. The highest BCUT2D eigenvalue weighted by atomic mass is 31.2. The second-order valence-electron chi connectivity index (χ2n) is 5.05. The highest BCUT2D eigenvalue weighted by Crippen LogP contribution is 2.53. The Balaban J connectivity index is 2.15. The number of carboxylic acids is 1. The van der Waals surface area contributed by atoms with E-state index >= 15 is 0 Å². The van der Waals surface area contributed by atoms with Crippen LogP contribution in [0.5, 0.6) is 0 Å². The number of hydrogen-bond donors (Lipinski definition) is 4. The van der Waals surface area contributed by atoms with Crippen molar-refractivity contribution in [2.75, 3.05) is 6.54 Å². The molecule has 2 aliphatic rings. The summed E-state index contributed by atoms with van der Waals surface area (Å²) in [6, 6.07) is -0.664. The smallest absolute Gasteiger partial charge is 0.328 e. The van der Waals surface area contributed by atoms with Crippen LogP contribution in [-0.4, -0.2) is 39.1 Å². The monoisotopic (exact) mass is 263 g/mol. The molecule has 4 unspecified atom stereocenters. The van der Waals surface area contributed by atoms with Crippen LogP contribution in [0.15, 0.2) is 0 Å². The lowest BCUT2D eigenvalue weighted by atomic mass is 9.73. The Morgan fingerprint density at radius 1 is 1.29 bits per heavy atom. The van der Waals surface area contributed by atoms with Gasteiger partial charge in [-0.05, 0) is 37.6 Å². The summed E-state index contributed by atoms with van der Waals surface area (Å²) in [6.45, 7) is 0.554. The molecule has 2 rings (SSSR count). The van der Waals surface area contributed by atoms with Crippen molar-refractivity contribution in [1.29, 1.82) is 0 Å². The maximum absolute atomic E-state index is 11.4. The molecule has 4 atom stereocenters. The molecule has 7 heteroatoms. The van der Waals surface area contributed by atoms with Gasteiger partial charge in [-0.3, -0.25) is 9.36 Å². The second-order valence-corrected chi connectivity index (χ2v) is 6.89. The Hall–Kier alpha value is -0.420. The SMILES string of the molecule is O=C(O)C1CC2C(CCCC2P(=O)(O)O)CN1. The molecule has 1 heterocycles. The minimum absolute atomic E-state index is 0.160. The molecule has 0 aromatic rings. The highest BCUT2D eigenvalue weighted by Gasteiger charge is 2.46. The normalized spacial score (nSPS) is 38.5. The molecule has 0 radical (unpaired) electrons. The summed E-state index contributed by atoms with van der Waals surface area (Å²) in [7, 11) is -4.11. The topological polar surface area (TPSA) is 107 Å². The Morgan fingerprint density at radius 3 is 2.59 bits per heavy atom. The number of aliphatic carboxylic acids is 1. The Labute approximate surface area is 99.6 Å². The third-order valence-electron chi connectivity index (χ3n) is 4.04. The molecule has 1 aliphatic heterocycles. The number of carboxylic acid groups (broad SMARTS) is 1. The van der Waals surface area contributed by atoms with Crippen molar-refractivity contribution >= 4 is 13.6 Å². The van der Waals surface area contributed by atoms with Gasteiger partial charge in [-0.15, -0.1) is 0 Å². The molecular weight excluding hydrogens is 245 g/mol. The molecule has 6 nitrogen and oxygen atoms in total. The fourth-order valence-electron chi connectivity index (χ4n) is 3.19. The van der Waals surface area contributed by atoms with E-state index in [1.54, 1.807) is 0 Å². The van der Waals surface area contributed by atoms with Crippen molar-refractivity contribution in [3.63, 3.8) is 0 Å². The van der Waals surface area contributed by atoms with E-state index in [9.17, 15) is 19.1 Å². The summed E-state index contributed by atoms with van der Waals surface area (Å²) in [6.07, 6.45) is 2.59. The second kappa shape index (κ2) is 4.69. The average molecular weight is 263 g/mol. The van der Waals surface area contributed by atoms with Crippen molar-refractivity contribution in [1.82, 2.24) is 5.32 Å². The van der Waals surface area contributed by atoms with E-state index < -0.39 is 25.3 Å². The summed E-state index contributed by atoms with van der Waals surface area (Å²) in [5.74, 6) is -0.887. The zero-order valence-corrected chi connectivity index (χ0v) is 10.3. The maximum Gasteiger partial charge on any atom is 0.328 e. The Morgan fingerprint density at radius 2 is 2.00 bits per heavy atom. The van der Waals surface area contributed by atoms with Crippen LogP contribution in [-0.2, 0) is 9.36 Å². The van der Waals surface area contributed by atoms with E-state index in [1.165, 1.54) is 0 Å². The summed E-state index contributed by atoms with van der Waals surface area (Å²) < 4.78 is 11.4.